The van der Waals surface area contributed by atoms with Crippen LogP contribution in [0.25, 0.3) is 0 Å². The van der Waals surface area contributed by atoms with Crippen molar-refractivity contribution in [2.45, 2.75) is 26.2 Å². The van der Waals surface area contributed by atoms with Crippen LogP contribution < -0.4 is 10.2 Å². The van der Waals surface area contributed by atoms with Crippen LogP contribution in [-0.2, 0) is 6.42 Å². The third kappa shape index (κ3) is 3.66. The summed E-state index contributed by atoms with van der Waals surface area (Å²) in [5.74, 6) is 1.67. The van der Waals surface area contributed by atoms with Gasteiger partial charge in [-0.15, -0.1) is 0 Å². The van der Waals surface area contributed by atoms with E-state index in [2.05, 4.69) is 19.1 Å². The van der Waals surface area contributed by atoms with Crippen molar-refractivity contribution in [3.63, 3.8) is 0 Å². The zero-order valence-electron chi connectivity index (χ0n) is 10.7. The first-order valence-corrected chi connectivity index (χ1v) is 6.40. The monoisotopic (exact) mass is 236 g/mol. The number of rotatable bonds is 5. The van der Waals surface area contributed by atoms with Gasteiger partial charge in [-0.3, -0.25) is 0 Å². The minimum atomic E-state index is 0.747. The van der Waals surface area contributed by atoms with E-state index in [1.54, 1.807) is 0 Å². The van der Waals surface area contributed by atoms with Gasteiger partial charge in [0.25, 0.3) is 0 Å². The van der Waals surface area contributed by atoms with E-state index < -0.39 is 0 Å². The minimum absolute atomic E-state index is 0.747. The zero-order valence-corrected chi connectivity index (χ0v) is 10.7. The summed E-state index contributed by atoms with van der Waals surface area (Å²) < 4.78 is 5.74. The number of benzene rings is 2. The summed E-state index contributed by atoms with van der Waals surface area (Å²) in [6.45, 7) is 2.21. The van der Waals surface area contributed by atoms with Crippen molar-refractivity contribution in [1.29, 1.82) is 0 Å². The topological polar surface area (TPSA) is 9.23 Å². The molecule has 0 unspecified atom stereocenters. The van der Waals surface area contributed by atoms with Crippen molar-refractivity contribution in [3.05, 3.63) is 54.1 Å². The second-order valence-corrected chi connectivity index (χ2v) is 4.42. The molecule has 2 heteroatoms. The van der Waals surface area contributed by atoms with E-state index in [4.69, 9.17) is 12.6 Å². The van der Waals surface area contributed by atoms with Crippen LogP contribution in [0.3, 0.4) is 0 Å². The minimum Gasteiger partial charge on any atom is -0.457 e. The van der Waals surface area contributed by atoms with E-state index in [1.807, 2.05) is 36.4 Å². The van der Waals surface area contributed by atoms with E-state index in [0.29, 0.717) is 0 Å². The predicted molar refractivity (Wildman–Crippen MR) is 77.0 cm³/mol. The molecule has 0 spiro atoms. The van der Waals surface area contributed by atoms with Gasteiger partial charge in [0.1, 0.15) is 19.3 Å². The molecule has 0 aliphatic carbocycles. The molecule has 1 nitrogen and oxygen atoms in total. The van der Waals surface area contributed by atoms with Crippen molar-refractivity contribution >= 4 is 13.3 Å². The first-order chi connectivity index (χ1) is 8.78. The summed E-state index contributed by atoms with van der Waals surface area (Å²) in [6, 6.07) is 15.7. The highest BCUT2D eigenvalue weighted by Crippen LogP contribution is 2.21. The number of aryl methyl sites for hydroxylation is 1. The Kier molecular flexibility index (Phi) is 4.46. The molecule has 90 valence electrons. The molecule has 0 fully saturated rings. The lowest BCUT2D eigenvalue weighted by molar-refractivity contribution is 0.482. The first-order valence-electron chi connectivity index (χ1n) is 6.40. The normalized spacial score (nSPS) is 10.3. The van der Waals surface area contributed by atoms with Crippen LogP contribution in [0, 0.1) is 0 Å². The van der Waals surface area contributed by atoms with Gasteiger partial charge in [-0.2, -0.15) is 0 Å². The van der Waals surface area contributed by atoms with Crippen molar-refractivity contribution < 1.29 is 4.74 Å². The second kappa shape index (κ2) is 6.30. The summed E-state index contributed by atoms with van der Waals surface area (Å²) in [5, 5.41) is 0. The molecular formula is C16H17BO. The molecule has 0 bridgehead atoms. The third-order valence-electron chi connectivity index (χ3n) is 2.86. The molecule has 2 radical (unpaired) electrons. The third-order valence-corrected chi connectivity index (χ3v) is 2.86. The average Bonchev–Trinajstić information content (AvgIpc) is 2.41. The maximum absolute atomic E-state index is 5.74. The van der Waals surface area contributed by atoms with Crippen LogP contribution in [0.15, 0.2) is 48.5 Å². The van der Waals surface area contributed by atoms with Crippen LogP contribution >= 0.6 is 0 Å². The molecule has 0 aliphatic rings. The van der Waals surface area contributed by atoms with Crippen LogP contribution in [0.4, 0.5) is 0 Å². The van der Waals surface area contributed by atoms with Crippen molar-refractivity contribution in [2.24, 2.45) is 0 Å². The van der Waals surface area contributed by atoms with E-state index >= 15 is 0 Å². The molecule has 2 aromatic carbocycles. The molecule has 2 aromatic rings. The summed E-state index contributed by atoms with van der Waals surface area (Å²) in [4.78, 5) is 0. The van der Waals surface area contributed by atoms with Crippen molar-refractivity contribution in [2.75, 3.05) is 0 Å². The maximum Gasteiger partial charge on any atom is 0.127 e. The number of ether oxygens (including phenoxy) is 1. The Morgan fingerprint density at radius 3 is 2.00 bits per heavy atom. The quantitative estimate of drug-likeness (QED) is 0.720. The van der Waals surface area contributed by atoms with Gasteiger partial charge in [-0.05, 0) is 42.7 Å². The SMILES string of the molecule is [B]c1ccc(Oc2ccc(CCCC)cc2)cc1. The van der Waals surface area contributed by atoms with E-state index in [-0.39, 0.29) is 0 Å². The molecular weight excluding hydrogens is 219 g/mol. The van der Waals surface area contributed by atoms with Gasteiger partial charge in [0.05, 0.1) is 0 Å². The Hall–Kier alpha value is -1.70. The Morgan fingerprint density at radius 2 is 1.44 bits per heavy atom. The fourth-order valence-electron chi connectivity index (χ4n) is 1.78. The lowest BCUT2D eigenvalue weighted by Crippen LogP contribution is -1.99. The van der Waals surface area contributed by atoms with Gasteiger partial charge in [-0.1, -0.05) is 43.1 Å². The van der Waals surface area contributed by atoms with Gasteiger partial charge < -0.3 is 4.74 Å². The molecule has 0 aliphatic heterocycles. The smallest absolute Gasteiger partial charge is 0.127 e. The average molecular weight is 236 g/mol. The van der Waals surface area contributed by atoms with Gasteiger partial charge in [0.2, 0.25) is 0 Å². The fraction of sp³-hybridized carbons (Fsp3) is 0.250. The predicted octanol–water partition coefficient (Wildman–Crippen LogP) is 3.62. The molecule has 18 heavy (non-hydrogen) atoms. The standard InChI is InChI=1S/C16H17BO/c1-2-3-4-13-5-9-15(10-6-13)18-16-11-7-14(17)8-12-16/h5-12H,2-4H2,1H3. The highest BCUT2D eigenvalue weighted by atomic mass is 16.5. The number of hydrogen-bond acceptors (Lipinski definition) is 1. The molecule has 0 saturated heterocycles. The Balaban J connectivity index is 1.99. The van der Waals surface area contributed by atoms with E-state index in [9.17, 15) is 0 Å². The first kappa shape index (κ1) is 12.8. The summed E-state index contributed by atoms with van der Waals surface area (Å²) >= 11 is 0. The summed E-state index contributed by atoms with van der Waals surface area (Å²) in [5.41, 5.74) is 2.11. The zero-order chi connectivity index (χ0) is 12.8. The molecule has 0 atom stereocenters. The molecule has 0 heterocycles. The Labute approximate surface area is 110 Å². The Bertz CT molecular complexity index is 473. The van der Waals surface area contributed by atoms with Crippen molar-refractivity contribution in [3.8, 4) is 11.5 Å². The van der Waals surface area contributed by atoms with Gasteiger partial charge in [-0.25, -0.2) is 0 Å². The van der Waals surface area contributed by atoms with E-state index in [1.165, 1.54) is 18.4 Å². The molecule has 0 N–H and O–H groups in total. The molecule has 0 saturated carbocycles. The lowest BCUT2D eigenvalue weighted by atomic mass is 9.97. The highest BCUT2D eigenvalue weighted by Gasteiger charge is 1.98. The lowest BCUT2D eigenvalue weighted by Gasteiger charge is -2.07. The highest BCUT2D eigenvalue weighted by molar-refractivity contribution is 6.32. The number of unbranched alkanes of at least 4 members (excludes halogenated alkanes) is 1. The largest absolute Gasteiger partial charge is 0.457 e. The fourth-order valence-corrected chi connectivity index (χ4v) is 1.78. The van der Waals surface area contributed by atoms with E-state index in [0.717, 1.165) is 23.4 Å². The van der Waals surface area contributed by atoms with Crippen molar-refractivity contribution in [1.82, 2.24) is 0 Å². The van der Waals surface area contributed by atoms with Gasteiger partial charge >= 0.3 is 0 Å². The van der Waals surface area contributed by atoms with Crippen LogP contribution in [-0.4, -0.2) is 7.85 Å². The second-order valence-electron chi connectivity index (χ2n) is 4.42. The van der Waals surface area contributed by atoms with Crippen LogP contribution in [0.5, 0.6) is 11.5 Å². The molecule has 2 rings (SSSR count). The van der Waals surface area contributed by atoms with Gasteiger partial charge in [0.15, 0.2) is 0 Å². The molecule has 0 amide bonds. The Morgan fingerprint density at radius 1 is 0.889 bits per heavy atom. The maximum atomic E-state index is 5.74. The summed E-state index contributed by atoms with van der Waals surface area (Å²) in [6.07, 6.45) is 3.60. The molecule has 0 aromatic heterocycles. The van der Waals surface area contributed by atoms with Crippen LogP contribution in [0.2, 0.25) is 0 Å². The van der Waals surface area contributed by atoms with Crippen LogP contribution in [0.1, 0.15) is 25.3 Å². The summed E-state index contributed by atoms with van der Waals surface area (Å²) in [7, 11) is 5.63. The number of hydrogen-bond donors (Lipinski definition) is 0. The van der Waals surface area contributed by atoms with Gasteiger partial charge in [0, 0.05) is 0 Å².